The normalized spacial score (nSPS) is 15.1. The van der Waals surface area contributed by atoms with Crippen LogP contribution in [0, 0.1) is 5.82 Å². The molecule has 1 aliphatic heterocycles. The number of rotatable bonds is 6. The molecule has 1 aromatic heterocycles. The van der Waals surface area contributed by atoms with Gasteiger partial charge < -0.3 is 4.90 Å². The van der Waals surface area contributed by atoms with Gasteiger partial charge in [-0.1, -0.05) is 54.1 Å². The molecule has 1 saturated heterocycles. The average molecular weight is 655 g/mol. The predicted molar refractivity (Wildman–Crippen MR) is 153 cm³/mol. The van der Waals surface area contributed by atoms with Crippen molar-refractivity contribution in [3.8, 4) is 22.4 Å². The van der Waals surface area contributed by atoms with Crippen molar-refractivity contribution in [1.82, 2.24) is 14.3 Å². The van der Waals surface area contributed by atoms with E-state index in [9.17, 15) is 34.4 Å². The molecule has 1 aliphatic rings. The molecule has 8 nitrogen and oxygen atoms in total. The molecule has 3 aromatic carbocycles. The van der Waals surface area contributed by atoms with Crippen molar-refractivity contribution < 1.29 is 34.4 Å². The molecule has 0 bridgehead atoms. The maximum absolute atomic E-state index is 14.1. The Hall–Kier alpha value is -3.59. The summed E-state index contributed by atoms with van der Waals surface area (Å²) in [6, 6.07) is 16.8. The SMILES string of the molecule is CS(=O)(=O)c1ccc(-c2nc(C(F)(F)F)nc(N3CCN(S(=O)(=O)c4ccc(F)cc4Cl)CC3)c2-c2ccccc2)cc1. The number of piperazine rings is 1. The smallest absolute Gasteiger partial charge is 0.353 e. The number of sulfonamides is 1. The lowest BCUT2D eigenvalue weighted by molar-refractivity contribution is -0.144. The van der Waals surface area contributed by atoms with Crippen molar-refractivity contribution in [2.45, 2.75) is 16.0 Å². The van der Waals surface area contributed by atoms with Crippen LogP contribution in [0.3, 0.4) is 0 Å². The number of halogens is 5. The fraction of sp³-hybridized carbons (Fsp3) is 0.214. The largest absolute Gasteiger partial charge is 0.451 e. The van der Waals surface area contributed by atoms with Crippen LogP contribution in [-0.4, -0.2) is 63.5 Å². The van der Waals surface area contributed by atoms with Crippen LogP contribution >= 0.6 is 11.6 Å². The summed E-state index contributed by atoms with van der Waals surface area (Å²) in [5.41, 5.74) is 0.921. The van der Waals surface area contributed by atoms with Gasteiger partial charge in [-0.2, -0.15) is 17.5 Å². The third-order valence-corrected chi connectivity index (χ3v) is 10.3. The third-order valence-electron chi connectivity index (χ3n) is 6.81. The van der Waals surface area contributed by atoms with Gasteiger partial charge in [0, 0.05) is 38.0 Å². The van der Waals surface area contributed by atoms with Crippen LogP contribution < -0.4 is 4.90 Å². The maximum Gasteiger partial charge on any atom is 0.451 e. The number of anilines is 1. The highest BCUT2D eigenvalue weighted by Crippen LogP contribution is 2.41. The molecule has 15 heteroatoms. The van der Waals surface area contributed by atoms with E-state index in [0.717, 1.165) is 28.8 Å². The average Bonchev–Trinajstić information content (AvgIpc) is 2.96. The van der Waals surface area contributed by atoms with Gasteiger partial charge >= 0.3 is 6.18 Å². The lowest BCUT2D eigenvalue weighted by Gasteiger charge is -2.36. The number of benzene rings is 3. The zero-order chi connectivity index (χ0) is 31.2. The predicted octanol–water partition coefficient (Wildman–Crippen LogP) is 5.54. The summed E-state index contributed by atoms with van der Waals surface area (Å²) in [4.78, 5) is 9.06. The quantitative estimate of drug-likeness (QED) is 0.252. The lowest BCUT2D eigenvalue weighted by Crippen LogP contribution is -2.49. The number of hydrogen-bond donors (Lipinski definition) is 0. The van der Waals surface area contributed by atoms with E-state index < -0.39 is 37.7 Å². The molecular weight excluding hydrogens is 632 g/mol. The number of nitrogens with zero attached hydrogens (tertiary/aromatic N) is 4. The van der Waals surface area contributed by atoms with Crippen molar-refractivity contribution in [2.75, 3.05) is 37.3 Å². The van der Waals surface area contributed by atoms with Crippen LogP contribution in [0.2, 0.25) is 5.02 Å². The minimum absolute atomic E-state index is 0.0126. The van der Waals surface area contributed by atoms with Gasteiger partial charge in [0.15, 0.2) is 9.84 Å². The zero-order valence-electron chi connectivity index (χ0n) is 22.4. The molecule has 0 aliphatic carbocycles. The summed E-state index contributed by atoms with van der Waals surface area (Å²) in [7, 11) is -7.69. The summed E-state index contributed by atoms with van der Waals surface area (Å²) in [6.07, 6.45) is -3.90. The van der Waals surface area contributed by atoms with E-state index in [1.54, 1.807) is 35.2 Å². The molecule has 0 saturated carbocycles. The fourth-order valence-corrected chi connectivity index (χ4v) is 7.27. The Morgan fingerprint density at radius 2 is 1.44 bits per heavy atom. The van der Waals surface area contributed by atoms with Gasteiger partial charge in [0.25, 0.3) is 0 Å². The molecule has 226 valence electrons. The van der Waals surface area contributed by atoms with Crippen LogP contribution in [-0.2, 0) is 26.0 Å². The summed E-state index contributed by atoms with van der Waals surface area (Å²) in [5, 5.41) is -0.286. The topological polar surface area (TPSA) is 101 Å². The highest BCUT2D eigenvalue weighted by atomic mass is 35.5. The van der Waals surface area contributed by atoms with Crippen LogP contribution in [0.4, 0.5) is 23.4 Å². The molecule has 0 atom stereocenters. The van der Waals surface area contributed by atoms with Gasteiger partial charge in [-0.15, -0.1) is 0 Å². The molecule has 43 heavy (non-hydrogen) atoms. The maximum atomic E-state index is 14.1. The Balaban J connectivity index is 1.60. The molecule has 0 spiro atoms. The lowest BCUT2D eigenvalue weighted by atomic mass is 9.98. The Bertz CT molecular complexity index is 1880. The first kappa shape index (κ1) is 30.9. The first-order valence-corrected chi connectivity index (χ1v) is 16.4. The van der Waals surface area contributed by atoms with E-state index in [0.29, 0.717) is 5.56 Å². The Labute approximate surface area is 250 Å². The molecule has 1 fully saturated rings. The minimum Gasteiger partial charge on any atom is -0.353 e. The highest BCUT2D eigenvalue weighted by molar-refractivity contribution is 7.90. The van der Waals surface area contributed by atoms with Gasteiger partial charge in [-0.3, -0.25) is 0 Å². The molecule has 5 rings (SSSR count). The zero-order valence-corrected chi connectivity index (χ0v) is 24.8. The number of alkyl halides is 3. The highest BCUT2D eigenvalue weighted by Gasteiger charge is 2.38. The van der Waals surface area contributed by atoms with Crippen molar-refractivity contribution in [2.24, 2.45) is 0 Å². The minimum atomic E-state index is -4.92. The molecule has 0 N–H and O–H groups in total. The van der Waals surface area contributed by atoms with E-state index in [-0.39, 0.29) is 63.6 Å². The Morgan fingerprint density at radius 3 is 2.00 bits per heavy atom. The summed E-state index contributed by atoms with van der Waals surface area (Å²) in [6.45, 7) is -0.292. The van der Waals surface area contributed by atoms with E-state index in [2.05, 4.69) is 9.97 Å². The second kappa shape index (κ2) is 11.5. The summed E-state index contributed by atoms with van der Waals surface area (Å²) >= 11 is 6.00. The molecule has 0 unspecified atom stereocenters. The molecular formula is C28H23ClF4N4O4S2. The summed E-state index contributed by atoms with van der Waals surface area (Å²) < 4.78 is 107. The van der Waals surface area contributed by atoms with Crippen LogP contribution in [0.15, 0.2) is 82.6 Å². The van der Waals surface area contributed by atoms with E-state index in [4.69, 9.17) is 11.6 Å². The molecule has 0 radical (unpaired) electrons. The van der Waals surface area contributed by atoms with Crippen LogP contribution in [0.1, 0.15) is 5.82 Å². The van der Waals surface area contributed by atoms with Crippen molar-refractivity contribution >= 4 is 37.3 Å². The molecule has 0 amide bonds. The number of sulfone groups is 1. The van der Waals surface area contributed by atoms with Crippen molar-refractivity contribution in [1.29, 1.82) is 0 Å². The van der Waals surface area contributed by atoms with Crippen LogP contribution in [0.5, 0.6) is 0 Å². The van der Waals surface area contributed by atoms with E-state index in [1.807, 2.05) is 0 Å². The van der Waals surface area contributed by atoms with Gasteiger partial charge in [0.2, 0.25) is 15.8 Å². The Morgan fingerprint density at radius 1 is 0.814 bits per heavy atom. The number of aromatic nitrogens is 2. The second-order valence-corrected chi connectivity index (χ2v) is 14.0. The first-order valence-electron chi connectivity index (χ1n) is 12.7. The number of hydrogen-bond acceptors (Lipinski definition) is 7. The Kier molecular flexibility index (Phi) is 8.24. The first-order chi connectivity index (χ1) is 20.2. The van der Waals surface area contributed by atoms with E-state index >= 15 is 0 Å². The fourth-order valence-electron chi connectivity index (χ4n) is 4.71. The monoisotopic (exact) mass is 654 g/mol. The molecule has 4 aromatic rings. The third kappa shape index (κ3) is 6.37. The van der Waals surface area contributed by atoms with Gasteiger partial charge in [0.1, 0.15) is 16.5 Å². The van der Waals surface area contributed by atoms with Crippen molar-refractivity contribution in [3.63, 3.8) is 0 Å². The van der Waals surface area contributed by atoms with E-state index in [1.165, 1.54) is 24.3 Å². The second-order valence-electron chi connectivity index (χ2n) is 9.72. The van der Waals surface area contributed by atoms with Gasteiger partial charge in [-0.25, -0.2) is 31.2 Å². The van der Waals surface area contributed by atoms with Gasteiger partial charge in [-0.05, 0) is 35.9 Å². The van der Waals surface area contributed by atoms with Crippen molar-refractivity contribution in [3.05, 3.63) is 89.5 Å². The molecule has 2 heterocycles. The standard InChI is InChI=1S/C28H23ClF4N4O4S2/c1-42(38,39)21-10-7-19(8-11-21)25-24(18-5-3-2-4-6-18)26(35-27(34-25)28(31,32)33)36-13-15-37(16-14-36)43(40,41)23-12-9-20(30)17-22(23)29/h2-12,17H,13-16H2,1H3. The summed E-state index contributed by atoms with van der Waals surface area (Å²) in [5.74, 6) is -2.17. The van der Waals surface area contributed by atoms with Gasteiger partial charge in [0.05, 0.1) is 21.2 Å². The van der Waals surface area contributed by atoms with Crippen LogP contribution in [0.25, 0.3) is 22.4 Å².